The highest BCUT2D eigenvalue weighted by atomic mass is 16.5. The van der Waals surface area contributed by atoms with E-state index in [0.717, 1.165) is 95.5 Å². The molecule has 0 saturated carbocycles. The highest BCUT2D eigenvalue weighted by Gasteiger charge is 2.05. The fraction of sp³-hybridized carbons (Fsp3) is 0.0968. The van der Waals surface area contributed by atoms with Gasteiger partial charge in [0.25, 0.3) is 0 Å². The molecule has 570 valence electrons. The summed E-state index contributed by atoms with van der Waals surface area (Å²) in [4.78, 5) is 0. The number of methoxy groups -OCH3 is 9. The zero-order valence-corrected chi connectivity index (χ0v) is 62.9. The Kier molecular flexibility index (Phi) is 33.5. The van der Waals surface area contributed by atoms with Gasteiger partial charge in [0.15, 0.2) is 0 Å². The largest absolute Gasteiger partial charge is 0.508 e. The van der Waals surface area contributed by atoms with E-state index in [-0.39, 0.29) is 51.7 Å². The summed E-state index contributed by atoms with van der Waals surface area (Å²) in [6.45, 7) is 0. The minimum absolute atomic E-state index is 0.0457. The fourth-order valence-corrected chi connectivity index (χ4v) is 9.98. The maximum absolute atomic E-state index is 9.56. The van der Waals surface area contributed by atoms with E-state index in [4.69, 9.17) is 42.6 Å². The van der Waals surface area contributed by atoms with Gasteiger partial charge in [0.05, 0.1) is 64.0 Å². The van der Waals surface area contributed by atoms with Crippen LogP contribution in [0.1, 0.15) is 66.8 Å². The van der Waals surface area contributed by atoms with Crippen LogP contribution in [0.15, 0.2) is 255 Å². The molecule has 111 heavy (non-hydrogen) atoms. The zero-order chi connectivity index (χ0) is 79.9. The van der Waals surface area contributed by atoms with E-state index in [2.05, 4.69) is 0 Å². The van der Waals surface area contributed by atoms with Crippen molar-refractivity contribution in [1.82, 2.24) is 0 Å². The summed E-state index contributed by atoms with van der Waals surface area (Å²) in [5.74, 6) is 8.02. The molecule has 12 aromatic rings. The molecule has 0 spiro atoms. The molecule has 0 atom stereocenters. The number of ether oxygens (including phenoxy) is 9. The number of rotatable bonds is 21. The molecule has 0 heterocycles. The number of phenols is 9. The van der Waals surface area contributed by atoms with Crippen LogP contribution in [-0.2, 0) is 0 Å². The molecule has 0 aliphatic heterocycles. The zero-order valence-electron chi connectivity index (χ0n) is 62.9. The Hall–Kier alpha value is -14.5. The second kappa shape index (κ2) is 44.4. The Morgan fingerprint density at radius 2 is 0.279 bits per heavy atom. The Balaban J connectivity index is 0.000000185. The van der Waals surface area contributed by atoms with Crippen molar-refractivity contribution in [3.63, 3.8) is 0 Å². The monoisotopic (exact) mass is 1490 g/mol. The van der Waals surface area contributed by atoms with Crippen molar-refractivity contribution in [2.75, 3.05) is 64.0 Å². The highest BCUT2D eigenvalue weighted by Crippen LogP contribution is 2.30. The first-order valence-corrected chi connectivity index (χ1v) is 34.3. The van der Waals surface area contributed by atoms with E-state index >= 15 is 0 Å². The van der Waals surface area contributed by atoms with Crippen molar-refractivity contribution in [3.8, 4) is 103 Å². The second-order valence-electron chi connectivity index (χ2n) is 23.9. The van der Waals surface area contributed by atoms with E-state index < -0.39 is 0 Å². The quantitative estimate of drug-likeness (QED) is 0.0303. The van der Waals surface area contributed by atoms with Crippen LogP contribution in [-0.4, -0.2) is 110 Å². The predicted molar refractivity (Wildman–Crippen MR) is 445 cm³/mol. The lowest BCUT2D eigenvalue weighted by molar-refractivity contribution is 0.394. The van der Waals surface area contributed by atoms with Gasteiger partial charge in [0.1, 0.15) is 103 Å². The Bertz CT molecular complexity index is 4770. The summed E-state index contributed by atoms with van der Waals surface area (Å²) in [6.07, 6.45) is 23.0. The molecule has 0 saturated heterocycles. The Morgan fingerprint density at radius 3 is 0.468 bits per heavy atom. The first kappa shape index (κ1) is 83.7. The van der Waals surface area contributed by atoms with Crippen molar-refractivity contribution >= 4 is 72.9 Å². The molecule has 12 aromatic carbocycles. The van der Waals surface area contributed by atoms with E-state index in [0.29, 0.717) is 23.0 Å². The van der Waals surface area contributed by atoms with Crippen molar-refractivity contribution in [2.45, 2.75) is 0 Å². The lowest BCUT2D eigenvalue weighted by atomic mass is 10.1. The average molecular weight is 1500 g/mol. The van der Waals surface area contributed by atoms with Crippen LogP contribution < -0.4 is 42.6 Å². The molecule has 9 N–H and O–H groups in total. The van der Waals surface area contributed by atoms with Crippen LogP contribution in [0, 0.1) is 0 Å². The molecular weight excluding hydrogens is 1410 g/mol. The number of phenolic OH excluding ortho intramolecular Hbond substituents is 9. The molecule has 0 aliphatic carbocycles. The average Bonchev–Trinajstić information content (AvgIpc) is 0.883. The van der Waals surface area contributed by atoms with Crippen LogP contribution in [0.2, 0.25) is 0 Å². The molecule has 0 fully saturated rings. The lowest BCUT2D eigenvalue weighted by Gasteiger charge is -2.05. The normalized spacial score (nSPS) is 10.7. The van der Waals surface area contributed by atoms with Crippen molar-refractivity contribution in [3.05, 3.63) is 322 Å². The predicted octanol–water partition coefficient (Wildman–Crippen LogP) is 20.6. The van der Waals surface area contributed by atoms with Gasteiger partial charge in [0.2, 0.25) is 0 Å². The third-order valence-electron chi connectivity index (χ3n) is 15.7. The van der Waals surface area contributed by atoms with Gasteiger partial charge >= 0.3 is 0 Å². The maximum Gasteiger partial charge on any atom is 0.123 e. The SMILES string of the molecule is COc1cc(C=Cc2ccc(O)cc2)cc(OC)c1.COc1cc(O)cc(C=Cc2ccc(O)cc2)c1.COc1cc(O)cc(C=Cc2ccc(O)cc2)c1.COc1ccc(C=Cc2cc(O)cc(O)c2)cc1.COc1ccc(C=Cc2cc(O)cc(OC)c2)cc1.COc1ccc(C=Cc2cc(O)cc(OC)c2)cc1. The van der Waals surface area contributed by atoms with Crippen LogP contribution in [0.3, 0.4) is 0 Å². The van der Waals surface area contributed by atoms with Crippen LogP contribution >= 0.6 is 0 Å². The molecule has 0 radical (unpaired) electrons. The third-order valence-corrected chi connectivity index (χ3v) is 15.7. The van der Waals surface area contributed by atoms with Crippen molar-refractivity contribution in [2.24, 2.45) is 0 Å². The number of hydrogen-bond donors (Lipinski definition) is 9. The van der Waals surface area contributed by atoms with Crippen LogP contribution in [0.5, 0.6) is 103 Å². The van der Waals surface area contributed by atoms with Gasteiger partial charge in [-0.1, -0.05) is 146 Å². The molecule has 0 aromatic heterocycles. The molecule has 0 aliphatic rings. The Morgan fingerprint density at radius 1 is 0.135 bits per heavy atom. The summed E-state index contributed by atoms with van der Waals surface area (Å²) in [5.41, 5.74) is 11.3. The van der Waals surface area contributed by atoms with Gasteiger partial charge < -0.3 is 88.6 Å². The molecule has 18 heteroatoms. The molecule has 0 bridgehead atoms. The highest BCUT2D eigenvalue weighted by molar-refractivity contribution is 5.76. The summed E-state index contributed by atoms with van der Waals surface area (Å²) < 4.78 is 46.1. The third kappa shape index (κ3) is 30.5. The number of hydrogen-bond acceptors (Lipinski definition) is 18. The second-order valence-corrected chi connectivity index (χ2v) is 23.9. The van der Waals surface area contributed by atoms with Gasteiger partial charge in [-0.05, 0) is 212 Å². The maximum atomic E-state index is 9.56. The molecular formula is C93H90O18. The van der Waals surface area contributed by atoms with E-state index in [1.54, 1.807) is 161 Å². The summed E-state index contributed by atoms with van der Waals surface area (Å²) in [6, 6.07) is 74.3. The van der Waals surface area contributed by atoms with E-state index in [1.807, 2.05) is 225 Å². The van der Waals surface area contributed by atoms with Crippen molar-refractivity contribution in [1.29, 1.82) is 0 Å². The van der Waals surface area contributed by atoms with Crippen LogP contribution in [0.4, 0.5) is 0 Å². The number of aromatic hydroxyl groups is 9. The minimum atomic E-state index is 0.0457. The first-order chi connectivity index (χ1) is 53.6. The molecule has 0 amide bonds. The fourth-order valence-electron chi connectivity index (χ4n) is 9.98. The lowest BCUT2D eigenvalue weighted by Crippen LogP contribution is -1.88. The standard InChI is InChI=1S/3C16H16O3.3C15H14O3/c2*1-18-15-7-5-12(6-8-15)3-4-13-9-14(17)11-16(10-13)19-2;1-18-15-9-13(10-16(11-15)19-2)4-3-12-5-7-14(17)8-6-12;1-18-15-6-4-11(5-7-15)2-3-12-8-13(16)10-14(17)9-12;2*1-18-15-9-12(8-14(17)10-15)3-2-11-4-6-13(16)7-5-11/h3*3-11,17H,1-2H3;3*2-10,16-17H,1H3. The molecule has 18 nitrogen and oxygen atoms in total. The van der Waals surface area contributed by atoms with Gasteiger partial charge in [-0.15, -0.1) is 0 Å². The van der Waals surface area contributed by atoms with E-state index in [9.17, 15) is 46.0 Å². The summed E-state index contributed by atoms with van der Waals surface area (Å²) in [5, 5.41) is 84.4. The van der Waals surface area contributed by atoms with Crippen LogP contribution in [0.25, 0.3) is 72.9 Å². The van der Waals surface area contributed by atoms with Crippen molar-refractivity contribution < 1.29 is 88.6 Å². The smallest absolute Gasteiger partial charge is 0.123 e. The molecule has 12 rings (SSSR count). The number of benzene rings is 12. The minimum Gasteiger partial charge on any atom is -0.508 e. The summed E-state index contributed by atoms with van der Waals surface area (Å²) >= 11 is 0. The van der Waals surface area contributed by atoms with Gasteiger partial charge in [-0.2, -0.15) is 0 Å². The van der Waals surface area contributed by atoms with Gasteiger partial charge in [-0.25, -0.2) is 0 Å². The van der Waals surface area contributed by atoms with E-state index in [1.165, 1.54) is 6.07 Å². The molecule has 0 unspecified atom stereocenters. The summed E-state index contributed by atoms with van der Waals surface area (Å²) in [7, 11) is 14.4. The topological polar surface area (TPSA) is 265 Å². The first-order valence-electron chi connectivity index (χ1n) is 34.3. The Labute approximate surface area is 647 Å². The van der Waals surface area contributed by atoms with Gasteiger partial charge in [-0.3, -0.25) is 0 Å². The van der Waals surface area contributed by atoms with Gasteiger partial charge in [0, 0.05) is 36.4 Å².